The van der Waals surface area contributed by atoms with Crippen LogP contribution < -0.4 is 5.32 Å². The van der Waals surface area contributed by atoms with Crippen molar-refractivity contribution in [2.24, 2.45) is 11.8 Å². The van der Waals surface area contributed by atoms with E-state index in [1.165, 1.54) is 12.1 Å². The van der Waals surface area contributed by atoms with Gasteiger partial charge in [0, 0.05) is 18.5 Å². The molecule has 1 aromatic rings. The number of nitrogens with one attached hydrogen (secondary N) is 1. The third-order valence-corrected chi connectivity index (χ3v) is 4.06. The lowest BCUT2D eigenvalue weighted by molar-refractivity contribution is -0.142. The molecule has 106 valence electrons. The molecule has 1 aromatic carbocycles. The zero-order valence-corrected chi connectivity index (χ0v) is 12.1. The Balaban J connectivity index is 2.71. The Kier molecular flexibility index (Phi) is 4.94. The van der Waals surface area contributed by atoms with Gasteiger partial charge in [0.1, 0.15) is 0 Å². The Morgan fingerprint density at radius 1 is 1.26 bits per heavy atom. The van der Waals surface area contributed by atoms with E-state index in [0.717, 1.165) is 6.26 Å². The average Bonchev–Trinajstić information content (AvgIpc) is 2.27. The molecule has 1 unspecified atom stereocenters. The maximum atomic E-state index is 11.3. The summed E-state index contributed by atoms with van der Waals surface area (Å²) in [5.74, 6) is -1.29. The van der Waals surface area contributed by atoms with Crippen LogP contribution in [-0.4, -0.2) is 32.3 Å². The molecule has 6 heteroatoms. The summed E-state index contributed by atoms with van der Waals surface area (Å²) in [5, 5.41) is 12.1. The second kappa shape index (κ2) is 6.06. The van der Waals surface area contributed by atoms with E-state index in [0.29, 0.717) is 12.2 Å². The first kappa shape index (κ1) is 15.5. The lowest BCUT2D eigenvalue weighted by Gasteiger charge is -2.17. The quantitative estimate of drug-likeness (QED) is 0.833. The van der Waals surface area contributed by atoms with Crippen molar-refractivity contribution in [1.29, 1.82) is 0 Å². The lowest BCUT2D eigenvalue weighted by atomic mass is 9.96. The van der Waals surface area contributed by atoms with E-state index in [1.54, 1.807) is 12.1 Å². The van der Waals surface area contributed by atoms with E-state index in [2.05, 4.69) is 5.32 Å². The van der Waals surface area contributed by atoms with Gasteiger partial charge in [-0.1, -0.05) is 13.8 Å². The fraction of sp³-hybridized carbons (Fsp3) is 0.462. The van der Waals surface area contributed by atoms with Gasteiger partial charge in [0.2, 0.25) is 0 Å². The first-order chi connectivity index (χ1) is 8.71. The zero-order valence-electron chi connectivity index (χ0n) is 11.3. The van der Waals surface area contributed by atoms with E-state index in [9.17, 15) is 13.2 Å². The van der Waals surface area contributed by atoms with Crippen molar-refractivity contribution >= 4 is 21.5 Å². The predicted molar refractivity (Wildman–Crippen MR) is 74.0 cm³/mol. The number of carboxylic acid groups (broad SMARTS) is 1. The monoisotopic (exact) mass is 285 g/mol. The van der Waals surface area contributed by atoms with Crippen LogP contribution in [-0.2, 0) is 14.6 Å². The summed E-state index contributed by atoms with van der Waals surface area (Å²) in [7, 11) is -3.20. The smallest absolute Gasteiger partial charge is 0.308 e. The first-order valence-corrected chi connectivity index (χ1v) is 7.87. The largest absolute Gasteiger partial charge is 0.481 e. The van der Waals surface area contributed by atoms with Gasteiger partial charge in [-0.15, -0.1) is 0 Å². The van der Waals surface area contributed by atoms with Gasteiger partial charge in [0.25, 0.3) is 0 Å². The molecular weight excluding hydrogens is 266 g/mol. The van der Waals surface area contributed by atoms with E-state index in [1.807, 2.05) is 13.8 Å². The highest BCUT2D eigenvalue weighted by Crippen LogP contribution is 2.16. The number of hydrogen-bond acceptors (Lipinski definition) is 4. The number of anilines is 1. The summed E-state index contributed by atoms with van der Waals surface area (Å²) in [6.45, 7) is 4.02. The van der Waals surface area contributed by atoms with Gasteiger partial charge in [0.15, 0.2) is 9.84 Å². The molecule has 0 fully saturated rings. The molecule has 1 rings (SSSR count). The molecule has 0 saturated carbocycles. The van der Waals surface area contributed by atoms with Crippen LogP contribution in [0.5, 0.6) is 0 Å². The first-order valence-electron chi connectivity index (χ1n) is 5.98. The number of carboxylic acids is 1. The fourth-order valence-electron chi connectivity index (χ4n) is 1.66. The van der Waals surface area contributed by atoms with Crippen LogP contribution in [0.2, 0.25) is 0 Å². The molecule has 5 nitrogen and oxygen atoms in total. The standard InChI is InChI=1S/C13H19NO4S/c1-9(2)12(13(15)16)8-14-10-4-6-11(7-5-10)19(3,17)18/h4-7,9,12,14H,8H2,1-3H3,(H,15,16). The summed E-state index contributed by atoms with van der Waals surface area (Å²) in [6, 6.07) is 6.27. The van der Waals surface area contributed by atoms with Gasteiger partial charge >= 0.3 is 5.97 Å². The van der Waals surface area contributed by atoms with Crippen molar-refractivity contribution in [3.8, 4) is 0 Å². The third-order valence-electron chi connectivity index (χ3n) is 2.93. The minimum Gasteiger partial charge on any atom is -0.481 e. The Morgan fingerprint density at radius 3 is 2.16 bits per heavy atom. The molecule has 0 heterocycles. The second-order valence-electron chi connectivity index (χ2n) is 4.87. The van der Waals surface area contributed by atoms with Crippen LogP contribution in [0.3, 0.4) is 0 Å². The molecule has 19 heavy (non-hydrogen) atoms. The van der Waals surface area contributed by atoms with Gasteiger partial charge in [-0.25, -0.2) is 8.42 Å². The number of sulfone groups is 1. The molecule has 0 aliphatic heterocycles. The van der Waals surface area contributed by atoms with Gasteiger partial charge in [0.05, 0.1) is 10.8 Å². The van der Waals surface area contributed by atoms with Crippen molar-refractivity contribution in [3.63, 3.8) is 0 Å². The van der Waals surface area contributed by atoms with Gasteiger partial charge in [-0.2, -0.15) is 0 Å². The Morgan fingerprint density at radius 2 is 1.79 bits per heavy atom. The zero-order chi connectivity index (χ0) is 14.6. The molecule has 0 bridgehead atoms. The number of hydrogen-bond donors (Lipinski definition) is 2. The van der Waals surface area contributed by atoms with Gasteiger partial charge in [-0.05, 0) is 30.2 Å². The second-order valence-corrected chi connectivity index (χ2v) is 6.88. The van der Waals surface area contributed by atoms with E-state index < -0.39 is 21.7 Å². The summed E-state index contributed by atoms with van der Waals surface area (Å²) >= 11 is 0. The van der Waals surface area contributed by atoms with Crippen LogP contribution in [0.25, 0.3) is 0 Å². The topological polar surface area (TPSA) is 83.5 Å². The highest BCUT2D eigenvalue weighted by Gasteiger charge is 2.20. The van der Waals surface area contributed by atoms with E-state index >= 15 is 0 Å². The summed E-state index contributed by atoms with van der Waals surface area (Å²) in [4.78, 5) is 11.3. The van der Waals surface area contributed by atoms with E-state index in [-0.39, 0.29) is 10.8 Å². The van der Waals surface area contributed by atoms with Crippen LogP contribution in [0, 0.1) is 11.8 Å². The Hall–Kier alpha value is -1.56. The van der Waals surface area contributed by atoms with Gasteiger partial charge in [-0.3, -0.25) is 4.79 Å². The normalized spacial score (nSPS) is 13.3. The highest BCUT2D eigenvalue weighted by atomic mass is 32.2. The fourth-order valence-corrected chi connectivity index (χ4v) is 2.29. The van der Waals surface area contributed by atoms with Gasteiger partial charge < -0.3 is 10.4 Å². The number of carbonyl (C=O) groups is 1. The van der Waals surface area contributed by atoms with E-state index in [4.69, 9.17) is 5.11 Å². The molecule has 1 atom stereocenters. The molecule has 0 aromatic heterocycles. The summed E-state index contributed by atoms with van der Waals surface area (Å²) in [6.07, 6.45) is 1.15. The van der Waals surface area contributed by atoms with Crippen molar-refractivity contribution in [2.45, 2.75) is 18.7 Å². The number of benzene rings is 1. The lowest BCUT2D eigenvalue weighted by Crippen LogP contribution is -2.27. The molecule has 0 saturated heterocycles. The molecule has 0 spiro atoms. The minimum atomic E-state index is -3.20. The third kappa shape index (κ3) is 4.55. The number of aliphatic carboxylic acids is 1. The molecule has 0 aliphatic rings. The average molecular weight is 285 g/mol. The Bertz CT molecular complexity index is 534. The maximum absolute atomic E-state index is 11.3. The SMILES string of the molecule is CC(C)C(CNc1ccc(S(C)(=O)=O)cc1)C(=O)O. The highest BCUT2D eigenvalue weighted by molar-refractivity contribution is 7.90. The molecule has 0 aliphatic carbocycles. The van der Waals surface area contributed by atoms with Crippen molar-refractivity contribution in [1.82, 2.24) is 0 Å². The maximum Gasteiger partial charge on any atom is 0.308 e. The molecule has 0 radical (unpaired) electrons. The molecule has 0 amide bonds. The van der Waals surface area contributed by atoms with Crippen LogP contribution in [0.4, 0.5) is 5.69 Å². The van der Waals surface area contributed by atoms with Crippen molar-refractivity contribution < 1.29 is 18.3 Å². The number of rotatable bonds is 6. The molecule has 2 N–H and O–H groups in total. The predicted octanol–water partition coefficient (Wildman–Crippen LogP) is 1.86. The Labute approximate surface area is 113 Å². The summed E-state index contributed by atoms with van der Waals surface area (Å²) < 4.78 is 22.6. The van der Waals surface area contributed by atoms with Crippen LogP contribution >= 0.6 is 0 Å². The summed E-state index contributed by atoms with van der Waals surface area (Å²) in [5.41, 5.74) is 0.708. The van der Waals surface area contributed by atoms with Crippen molar-refractivity contribution in [2.75, 3.05) is 18.1 Å². The minimum absolute atomic E-state index is 0.0280. The van der Waals surface area contributed by atoms with Crippen molar-refractivity contribution in [3.05, 3.63) is 24.3 Å². The van der Waals surface area contributed by atoms with Crippen LogP contribution in [0.15, 0.2) is 29.2 Å². The van der Waals surface area contributed by atoms with Crippen LogP contribution in [0.1, 0.15) is 13.8 Å². The molecular formula is C13H19NO4S.